The smallest absolute Gasteiger partial charge is 0.190 e. The van der Waals surface area contributed by atoms with Crippen LogP contribution in [0.15, 0.2) is 29.3 Å². The number of benzene rings is 1. The molecule has 6 nitrogen and oxygen atoms in total. The van der Waals surface area contributed by atoms with Gasteiger partial charge in [-0.1, -0.05) is 13.8 Å². The Morgan fingerprint density at radius 1 is 1.00 bits per heavy atom. The van der Waals surface area contributed by atoms with E-state index in [1.165, 1.54) is 0 Å². The van der Waals surface area contributed by atoms with Crippen LogP contribution in [0.3, 0.4) is 0 Å². The molecular formula is C19H33N3O3. The van der Waals surface area contributed by atoms with Crippen LogP contribution in [-0.4, -0.2) is 53.0 Å². The van der Waals surface area contributed by atoms with Crippen molar-refractivity contribution in [3.63, 3.8) is 0 Å². The van der Waals surface area contributed by atoms with Crippen LogP contribution in [-0.2, 0) is 4.74 Å². The molecule has 0 atom stereocenters. The molecule has 0 bridgehead atoms. The van der Waals surface area contributed by atoms with Crippen molar-refractivity contribution >= 4 is 5.96 Å². The highest BCUT2D eigenvalue weighted by molar-refractivity contribution is 5.79. The third-order valence-corrected chi connectivity index (χ3v) is 3.37. The quantitative estimate of drug-likeness (QED) is 0.344. The molecule has 25 heavy (non-hydrogen) atoms. The average molecular weight is 351 g/mol. The fourth-order valence-electron chi connectivity index (χ4n) is 2.06. The van der Waals surface area contributed by atoms with Crippen LogP contribution in [0, 0.1) is 5.92 Å². The molecule has 6 heteroatoms. The Hall–Kier alpha value is -1.95. The van der Waals surface area contributed by atoms with Crippen molar-refractivity contribution in [2.45, 2.75) is 26.7 Å². The van der Waals surface area contributed by atoms with Crippen LogP contribution >= 0.6 is 0 Å². The van der Waals surface area contributed by atoms with Crippen molar-refractivity contribution in [2.75, 3.05) is 47.1 Å². The van der Waals surface area contributed by atoms with Crippen LogP contribution in [0.2, 0.25) is 0 Å². The van der Waals surface area contributed by atoms with Crippen molar-refractivity contribution in [2.24, 2.45) is 10.9 Å². The predicted molar refractivity (Wildman–Crippen MR) is 103 cm³/mol. The third kappa shape index (κ3) is 10.5. The molecule has 0 aliphatic heterocycles. The lowest BCUT2D eigenvalue weighted by Gasteiger charge is -2.12. The number of hydrogen-bond acceptors (Lipinski definition) is 4. The van der Waals surface area contributed by atoms with Gasteiger partial charge in [-0.3, -0.25) is 4.99 Å². The van der Waals surface area contributed by atoms with Crippen molar-refractivity contribution in [1.82, 2.24) is 10.6 Å². The largest absolute Gasteiger partial charge is 0.497 e. The lowest BCUT2D eigenvalue weighted by atomic mass is 10.2. The number of nitrogens with zero attached hydrogens (tertiary/aromatic N) is 1. The molecule has 0 aliphatic carbocycles. The molecule has 0 aromatic heterocycles. The highest BCUT2D eigenvalue weighted by atomic mass is 16.5. The number of guanidine groups is 1. The molecular weight excluding hydrogens is 318 g/mol. The molecule has 0 saturated carbocycles. The van der Waals surface area contributed by atoms with Gasteiger partial charge < -0.3 is 24.8 Å². The third-order valence-electron chi connectivity index (χ3n) is 3.37. The van der Waals surface area contributed by atoms with Gasteiger partial charge in [-0.15, -0.1) is 0 Å². The zero-order chi connectivity index (χ0) is 18.3. The maximum atomic E-state index is 5.69. The monoisotopic (exact) mass is 351 g/mol. The normalized spacial score (nSPS) is 11.5. The summed E-state index contributed by atoms with van der Waals surface area (Å²) in [6.45, 7) is 8.21. The summed E-state index contributed by atoms with van der Waals surface area (Å²) in [5.74, 6) is 3.08. The van der Waals surface area contributed by atoms with E-state index in [-0.39, 0.29) is 0 Å². The summed E-state index contributed by atoms with van der Waals surface area (Å²) < 4.78 is 16.4. The number of ether oxygens (including phenoxy) is 3. The predicted octanol–water partition coefficient (Wildman–Crippen LogP) is 2.69. The van der Waals surface area contributed by atoms with Gasteiger partial charge in [0, 0.05) is 33.4 Å². The van der Waals surface area contributed by atoms with Gasteiger partial charge >= 0.3 is 0 Å². The van der Waals surface area contributed by atoms with E-state index >= 15 is 0 Å². The molecule has 0 amide bonds. The molecule has 1 aromatic rings. The molecule has 0 radical (unpaired) electrons. The van der Waals surface area contributed by atoms with Crippen LogP contribution in [0.4, 0.5) is 0 Å². The summed E-state index contributed by atoms with van der Waals surface area (Å²) >= 11 is 0. The Labute approximate surface area is 152 Å². The van der Waals surface area contributed by atoms with E-state index in [0.717, 1.165) is 56.6 Å². The summed E-state index contributed by atoms with van der Waals surface area (Å²) in [4.78, 5) is 4.21. The minimum absolute atomic E-state index is 0.586. The Bertz CT molecular complexity index is 475. The van der Waals surface area contributed by atoms with E-state index in [1.807, 2.05) is 24.3 Å². The molecule has 0 fully saturated rings. The van der Waals surface area contributed by atoms with Crippen molar-refractivity contribution < 1.29 is 14.2 Å². The molecule has 1 rings (SSSR count). The van der Waals surface area contributed by atoms with E-state index in [1.54, 1.807) is 14.2 Å². The lowest BCUT2D eigenvalue weighted by Crippen LogP contribution is -2.38. The number of aliphatic imine (C=N–C) groups is 1. The van der Waals surface area contributed by atoms with Crippen molar-refractivity contribution in [3.8, 4) is 11.5 Å². The Morgan fingerprint density at radius 3 is 2.16 bits per heavy atom. The fraction of sp³-hybridized carbons (Fsp3) is 0.632. The van der Waals surface area contributed by atoms with E-state index in [2.05, 4.69) is 29.5 Å². The van der Waals surface area contributed by atoms with Gasteiger partial charge in [-0.2, -0.15) is 0 Å². The zero-order valence-corrected chi connectivity index (χ0v) is 16.0. The highest BCUT2D eigenvalue weighted by Gasteiger charge is 1.99. The minimum Gasteiger partial charge on any atom is -0.497 e. The Morgan fingerprint density at radius 2 is 1.60 bits per heavy atom. The maximum absolute atomic E-state index is 5.69. The van der Waals surface area contributed by atoms with Crippen LogP contribution in [0.1, 0.15) is 26.7 Å². The Kier molecular flexibility index (Phi) is 11.3. The van der Waals surface area contributed by atoms with Gasteiger partial charge in [-0.05, 0) is 43.0 Å². The first-order valence-electron chi connectivity index (χ1n) is 8.94. The number of nitrogens with one attached hydrogen (secondary N) is 2. The van der Waals surface area contributed by atoms with E-state index < -0.39 is 0 Å². The summed E-state index contributed by atoms with van der Waals surface area (Å²) in [5, 5.41) is 6.56. The molecule has 0 spiro atoms. The minimum atomic E-state index is 0.586. The second-order valence-electron chi connectivity index (χ2n) is 6.13. The first kappa shape index (κ1) is 21.1. The second-order valence-corrected chi connectivity index (χ2v) is 6.13. The van der Waals surface area contributed by atoms with Gasteiger partial charge in [0.05, 0.1) is 13.7 Å². The van der Waals surface area contributed by atoms with Gasteiger partial charge in [0.1, 0.15) is 11.5 Å². The van der Waals surface area contributed by atoms with Crippen molar-refractivity contribution in [1.29, 1.82) is 0 Å². The SMILES string of the molecule is CN=C(NCCCOCC(C)C)NCCCOc1ccc(OC)cc1. The summed E-state index contributed by atoms with van der Waals surface area (Å²) in [6, 6.07) is 7.61. The fourth-order valence-corrected chi connectivity index (χ4v) is 2.06. The van der Waals surface area contributed by atoms with Gasteiger partial charge in [0.25, 0.3) is 0 Å². The maximum Gasteiger partial charge on any atom is 0.190 e. The van der Waals surface area contributed by atoms with Crippen LogP contribution in [0.25, 0.3) is 0 Å². The van der Waals surface area contributed by atoms with E-state index in [4.69, 9.17) is 14.2 Å². The van der Waals surface area contributed by atoms with Crippen LogP contribution < -0.4 is 20.1 Å². The average Bonchev–Trinajstić information content (AvgIpc) is 2.62. The molecule has 0 heterocycles. The second kappa shape index (κ2) is 13.4. The molecule has 142 valence electrons. The van der Waals surface area contributed by atoms with Gasteiger partial charge in [-0.25, -0.2) is 0 Å². The zero-order valence-electron chi connectivity index (χ0n) is 16.0. The van der Waals surface area contributed by atoms with Gasteiger partial charge in [0.2, 0.25) is 0 Å². The Balaban J connectivity index is 2.04. The number of methoxy groups -OCH3 is 1. The molecule has 0 saturated heterocycles. The summed E-state index contributed by atoms with van der Waals surface area (Å²) in [5.41, 5.74) is 0. The van der Waals surface area contributed by atoms with Gasteiger partial charge in [0.15, 0.2) is 5.96 Å². The molecule has 0 unspecified atom stereocenters. The molecule has 2 N–H and O–H groups in total. The topological polar surface area (TPSA) is 64.1 Å². The van der Waals surface area contributed by atoms with Crippen LogP contribution in [0.5, 0.6) is 11.5 Å². The first-order chi connectivity index (χ1) is 12.2. The number of hydrogen-bond donors (Lipinski definition) is 2. The standard InChI is InChI=1S/C19H33N3O3/c1-16(2)15-24-13-5-11-21-19(20-3)22-12-6-14-25-18-9-7-17(23-4)8-10-18/h7-10,16H,5-6,11-15H2,1-4H3,(H2,20,21,22). The van der Waals surface area contributed by atoms with E-state index in [9.17, 15) is 0 Å². The van der Waals surface area contributed by atoms with Crippen molar-refractivity contribution in [3.05, 3.63) is 24.3 Å². The molecule has 1 aromatic carbocycles. The van der Waals surface area contributed by atoms with E-state index in [0.29, 0.717) is 12.5 Å². The summed E-state index contributed by atoms with van der Waals surface area (Å²) in [7, 11) is 3.43. The number of rotatable bonds is 12. The lowest BCUT2D eigenvalue weighted by molar-refractivity contribution is 0.108. The highest BCUT2D eigenvalue weighted by Crippen LogP contribution is 2.16. The molecule has 0 aliphatic rings. The summed E-state index contributed by atoms with van der Waals surface area (Å²) in [6.07, 6.45) is 1.86. The first-order valence-corrected chi connectivity index (χ1v) is 8.94.